The van der Waals surface area contributed by atoms with Gasteiger partial charge in [0.15, 0.2) is 0 Å². The molecule has 0 saturated carbocycles. The summed E-state index contributed by atoms with van der Waals surface area (Å²) in [6.45, 7) is 0. The van der Waals surface area contributed by atoms with Gasteiger partial charge in [0, 0.05) is 5.02 Å². The number of benzene rings is 1. The van der Waals surface area contributed by atoms with Gasteiger partial charge in [-0.05, 0) is 33.8 Å². The molecule has 1 nitrogen and oxygen atoms in total. The van der Waals surface area contributed by atoms with Crippen molar-refractivity contribution in [2.75, 3.05) is 0 Å². The number of hydrogen-bond acceptors (Lipinski definition) is 2. The Labute approximate surface area is 82.8 Å². The molecule has 0 saturated heterocycles. The van der Waals surface area contributed by atoms with Crippen molar-refractivity contribution >= 4 is 44.9 Å². The Morgan fingerprint density at radius 1 is 1.27 bits per heavy atom. The molecule has 60 valence electrons. The van der Waals surface area contributed by atoms with Crippen molar-refractivity contribution in [2.24, 2.45) is 0 Å². The maximum atomic E-state index is 9.23. The minimum atomic E-state index is -0.0314. The molecule has 5 heteroatoms. The molecule has 0 aliphatic heterocycles. The summed E-state index contributed by atoms with van der Waals surface area (Å²) in [5.74, 6) is -0.0314. The molecule has 0 bridgehead atoms. The second-order valence-corrected chi connectivity index (χ2v) is 3.71. The molecule has 0 heterocycles. The van der Waals surface area contributed by atoms with E-state index in [4.69, 9.17) is 33.9 Å². The van der Waals surface area contributed by atoms with Crippen LogP contribution in [-0.2, 0) is 0 Å². The van der Waals surface area contributed by atoms with Crippen LogP contribution >= 0.6 is 44.9 Å². The highest BCUT2D eigenvalue weighted by Crippen LogP contribution is 2.38. The fraction of sp³-hybridized carbons (Fsp3) is 0. The van der Waals surface area contributed by atoms with Gasteiger partial charge in [0.1, 0.15) is 5.75 Å². The zero-order valence-corrected chi connectivity index (χ0v) is 8.23. The largest absolute Gasteiger partial charge is 0.505 e. The molecular formula is C6H3Cl3OS. The number of phenols is 1. The summed E-state index contributed by atoms with van der Waals surface area (Å²) >= 11 is 11.2. The molecule has 0 atom stereocenters. The van der Waals surface area contributed by atoms with Crippen LogP contribution < -0.4 is 0 Å². The van der Waals surface area contributed by atoms with E-state index in [1.807, 2.05) is 0 Å². The summed E-state index contributed by atoms with van der Waals surface area (Å²) in [7, 11) is 6.29. The molecule has 0 aliphatic rings. The fourth-order valence-electron chi connectivity index (χ4n) is 0.601. The molecule has 0 unspecified atom stereocenters. The topological polar surface area (TPSA) is 20.2 Å². The van der Waals surface area contributed by atoms with Gasteiger partial charge in [-0.15, -0.1) is 0 Å². The molecule has 11 heavy (non-hydrogen) atoms. The van der Waals surface area contributed by atoms with Crippen LogP contribution in [0.4, 0.5) is 0 Å². The maximum absolute atomic E-state index is 9.23. The van der Waals surface area contributed by atoms with Crippen molar-refractivity contribution in [1.82, 2.24) is 0 Å². The summed E-state index contributed by atoms with van der Waals surface area (Å²) < 4.78 is 0. The first kappa shape index (κ1) is 9.33. The lowest BCUT2D eigenvalue weighted by Gasteiger charge is -2.01. The Kier molecular flexibility index (Phi) is 3.19. The van der Waals surface area contributed by atoms with Crippen molar-refractivity contribution in [3.63, 3.8) is 0 Å². The van der Waals surface area contributed by atoms with E-state index in [9.17, 15) is 5.11 Å². The Morgan fingerprint density at radius 2 is 1.91 bits per heavy atom. The van der Waals surface area contributed by atoms with Crippen LogP contribution in [0.15, 0.2) is 17.0 Å². The van der Waals surface area contributed by atoms with Gasteiger partial charge in [-0.2, -0.15) is 0 Å². The van der Waals surface area contributed by atoms with Crippen molar-refractivity contribution in [3.05, 3.63) is 22.2 Å². The van der Waals surface area contributed by atoms with Gasteiger partial charge < -0.3 is 5.11 Å². The first-order valence-electron chi connectivity index (χ1n) is 2.61. The first-order valence-corrected chi connectivity index (χ1v) is 5.01. The molecule has 1 aromatic carbocycles. The molecule has 1 aromatic rings. The lowest BCUT2D eigenvalue weighted by molar-refractivity contribution is 0.463. The molecular weight excluding hydrogens is 226 g/mol. The molecule has 1 N–H and O–H groups in total. The van der Waals surface area contributed by atoms with Gasteiger partial charge in [-0.3, -0.25) is 0 Å². The van der Waals surface area contributed by atoms with E-state index >= 15 is 0 Å². The highest BCUT2D eigenvalue weighted by atomic mass is 35.7. The average Bonchev–Trinajstić information content (AvgIpc) is 1.96. The quantitative estimate of drug-likeness (QED) is 0.787. The summed E-state index contributed by atoms with van der Waals surface area (Å²) in [4.78, 5) is 0.462. The molecule has 0 spiro atoms. The highest BCUT2D eigenvalue weighted by Gasteiger charge is 2.06. The SMILES string of the molecule is Oc1c(Cl)cc(Cl)cc1SCl. The number of rotatable bonds is 1. The highest BCUT2D eigenvalue weighted by molar-refractivity contribution is 8.21. The monoisotopic (exact) mass is 228 g/mol. The predicted octanol–water partition coefficient (Wildman–Crippen LogP) is 3.94. The Bertz CT molecular complexity index is 277. The lowest BCUT2D eigenvalue weighted by Crippen LogP contribution is -1.73. The van der Waals surface area contributed by atoms with E-state index in [1.54, 1.807) is 6.07 Å². The van der Waals surface area contributed by atoms with Crippen LogP contribution in [0.25, 0.3) is 0 Å². The summed E-state index contributed by atoms with van der Waals surface area (Å²) in [5, 5.41) is 9.89. The predicted molar refractivity (Wildman–Crippen MR) is 49.8 cm³/mol. The van der Waals surface area contributed by atoms with E-state index < -0.39 is 0 Å². The van der Waals surface area contributed by atoms with Gasteiger partial charge in [-0.25, -0.2) is 0 Å². The first-order chi connectivity index (χ1) is 5.15. The third-order valence-electron chi connectivity index (χ3n) is 1.08. The number of phenolic OH excluding ortho intramolecular Hbond substituents is 1. The second kappa shape index (κ2) is 3.76. The summed E-state index contributed by atoms with van der Waals surface area (Å²) in [6, 6.07) is 3.00. The van der Waals surface area contributed by atoms with Crippen LogP contribution in [-0.4, -0.2) is 5.11 Å². The smallest absolute Gasteiger partial charge is 0.149 e. The number of halogens is 3. The van der Waals surface area contributed by atoms with E-state index in [2.05, 4.69) is 0 Å². The third-order valence-corrected chi connectivity index (χ3v) is 2.56. The van der Waals surface area contributed by atoms with Crippen molar-refractivity contribution < 1.29 is 5.11 Å². The average molecular weight is 230 g/mol. The molecule has 0 amide bonds. The van der Waals surface area contributed by atoms with Crippen LogP contribution in [0.5, 0.6) is 5.75 Å². The number of aromatic hydroxyl groups is 1. The van der Waals surface area contributed by atoms with E-state index in [0.29, 0.717) is 9.92 Å². The normalized spacial score (nSPS) is 10.1. The van der Waals surface area contributed by atoms with Crippen LogP contribution in [0.2, 0.25) is 10.0 Å². The van der Waals surface area contributed by atoms with E-state index in [0.717, 1.165) is 11.0 Å². The third kappa shape index (κ3) is 2.09. The Balaban J connectivity index is 3.24. The minimum absolute atomic E-state index is 0.0314. The van der Waals surface area contributed by atoms with Gasteiger partial charge in [0.25, 0.3) is 0 Å². The lowest BCUT2D eigenvalue weighted by atomic mass is 10.3. The van der Waals surface area contributed by atoms with Crippen molar-refractivity contribution in [1.29, 1.82) is 0 Å². The zero-order chi connectivity index (χ0) is 8.43. The second-order valence-electron chi connectivity index (χ2n) is 1.81. The molecule has 0 aliphatic carbocycles. The fourth-order valence-corrected chi connectivity index (χ4v) is 1.92. The Morgan fingerprint density at radius 3 is 2.45 bits per heavy atom. The van der Waals surface area contributed by atoms with Crippen LogP contribution in [0.1, 0.15) is 0 Å². The zero-order valence-electron chi connectivity index (χ0n) is 5.14. The Hall–Kier alpha value is 0.240. The maximum Gasteiger partial charge on any atom is 0.149 e. The minimum Gasteiger partial charge on any atom is -0.505 e. The van der Waals surface area contributed by atoms with Crippen molar-refractivity contribution in [2.45, 2.75) is 4.90 Å². The van der Waals surface area contributed by atoms with Crippen molar-refractivity contribution in [3.8, 4) is 5.75 Å². The van der Waals surface area contributed by atoms with E-state index in [-0.39, 0.29) is 10.8 Å². The van der Waals surface area contributed by atoms with Gasteiger partial charge in [0.2, 0.25) is 0 Å². The molecule has 0 radical (unpaired) electrons. The van der Waals surface area contributed by atoms with E-state index in [1.165, 1.54) is 6.07 Å². The standard InChI is InChI=1S/C6H3Cl3OS/c7-3-1-4(8)6(10)5(2-3)11-9/h1-2,10H. The molecule has 1 rings (SSSR count). The summed E-state index contributed by atoms with van der Waals surface area (Å²) in [5.41, 5.74) is 0. The van der Waals surface area contributed by atoms with Gasteiger partial charge in [0.05, 0.1) is 9.92 Å². The van der Waals surface area contributed by atoms with Crippen LogP contribution in [0, 0.1) is 0 Å². The summed E-state index contributed by atoms with van der Waals surface area (Å²) in [6.07, 6.45) is 0. The molecule has 0 aromatic heterocycles. The van der Waals surface area contributed by atoms with Crippen LogP contribution in [0.3, 0.4) is 0 Å². The van der Waals surface area contributed by atoms with Gasteiger partial charge >= 0.3 is 0 Å². The molecule has 0 fully saturated rings. The number of hydrogen-bond donors (Lipinski definition) is 1. The van der Waals surface area contributed by atoms with Gasteiger partial charge in [-0.1, -0.05) is 23.2 Å².